The summed E-state index contributed by atoms with van der Waals surface area (Å²) in [6.45, 7) is 0. The largest absolute Gasteiger partial charge is 0.478 e. The van der Waals surface area contributed by atoms with E-state index in [1.54, 1.807) is 0 Å². The molecule has 0 saturated carbocycles. The van der Waals surface area contributed by atoms with E-state index in [2.05, 4.69) is 0 Å². The fraction of sp³-hybridized carbons (Fsp3) is 0. The van der Waals surface area contributed by atoms with Crippen molar-refractivity contribution in [3.8, 4) is 0 Å². The molecule has 0 fully saturated rings. The minimum atomic E-state index is -1.34. The molecule has 0 atom stereocenters. The lowest BCUT2D eigenvalue weighted by atomic mass is 10.1. The Labute approximate surface area is 145 Å². The highest BCUT2D eigenvalue weighted by atomic mass is 16.4. The topological polar surface area (TPSA) is 201 Å². The van der Waals surface area contributed by atoms with E-state index >= 15 is 0 Å². The van der Waals surface area contributed by atoms with Crippen LogP contribution in [0.3, 0.4) is 0 Å². The lowest BCUT2D eigenvalue weighted by Gasteiger charge is -2.03. The van der Waals surface area contributed by atoms with Crippen molar-refractivity contribution < 1.29 is 39.6 Å². The molecule has 0 aliphatic rings. The van der Waals surface area contributed by atoms with E-state index in [4.69, 9.17) is 31.9 Å². The number of carbonyl (C=O) groups is 4. The second kappa shape index (κ2) is 8.15. The number of aromatic carboxylic acids is 4. The van der Waals surface area contributed by atoms with Crippen LogP contribution in [0.2, 0.25) is 0 Å². The van der Waals surface area contributed by atoms with E-state index in [9.17, 15) is 19.2 Å². The van der Waals surface area contributed by atoms with Gasteiger partial charge in [-0.05, 0) is 30.3 Å². The third-order valence-corrected chi connectivity index (χ3v) is 3.07. The number of carboxylic acid groups (broad SMARTS) is 4. The van der Waals surface area contributed by atoms with Gasteiger partial charge in [-0.25, -0.2) is 19.2 Å². The molecule has 10 heteroatoms. The van der Waals surface area contributed by atoms with Gasteiger partial charge < -0.3 is 31.9 Å². The number of anilines is 2. The smallest absolute Gasteiger partial charge is 0.338 e. The van der Waals surface area contributed by atoms with Gasteiger partial charge in [0.25, 0.3) is 0 Å². The third kappa shape index (κ3) is 4.71. The second-order valence-corrected chi connectivity index (χ2v) is 4.79. The van der Waals surface area contributed by atoms with E-state index < -0.39 is 23.9 Å². The molecule has 0 unspecified atom stereocenters. The molecular formula is C16H14N2O8. The fourth-order valence-corrected chi connectivity index (χ4v) is 1.88. The van der Waals surface area contributed by atoms with Crippen LogP contribution >= 0.6 is 0 Å². The van der Waals surface area contributed by atoms with Crippen LogP contribution in [-0.2, 0) is 0 Å². The predicted molar refractivity (Wildman–Crippen MR) is 89.5 cm³/mol. The molecule has 0 saturated heterocycles. The number of benzene rings is 2. The molecule has 0 spiro atoms. The number of hydrogen-bond donors (Lipinski definition) is 6. The first kappa shape index (κ1) is 20.0. The van der Waals surface area contributed by atoms with E-state index in [0.29, 0.717) is 0 Å². The van der Waals surface area contributed by atoms with Crippen molar-refractivity contribution >= 4 is 35.3 Å². The van der Waals surface area contributed by atoms with Crippen LogP contribution < -0.4 is 11.5 Å². The Kier molecular flexibility index (Phi) is 6.26. The predicted octanol–water partition coefficient (Wildman–Crippen LogP) is 1.33. The van der Waals surface area contributed by atoms with Gasteiger partial charge in [0.15, 0.2) is 0 Å². The summed E-state index contributed by atoms with van der Waals surface area (Å²) in [6.07, 6.45) is 0. The first-order chi connectivity index (χ1) is 12.1. The van der Waals surface area contributed by atoms with Crippen LogP contribution in [0.25, 0.3) is 0 Å². The molecule has 2 aromatic carbocycles. The van der Waals surface area contributed by atoms with Gasteiger partial charge in [0.05, 0.1) is 22.3 Å². The van der Waals surface area contributed by atoms with Gasteiger partial charge in [0.1, 0.15) is 0 Å². The molecule has 0 aliphatic heterocycles. The summed E-state index contributed by atoms with van der Waals surface area (Å²) in [5, 5.41) is 34.4. The first-order valence-electron chi connectivity index (χ1n) is 6.77. The highest BCUT2D eigenvalue weighted by Gasteiger charge is 2.17. The molecule has 26 heavy (non-hydrogen) atoms. The molecule has 2 aromatic rings. The average molecular weight is 362 g/mol. The summed E-state index contributed by atoms with van der Waals surface area (Å²) in [7, 11) is 0. The Hall–Kier alpha value is -4.08. The van der Waals surface area contributed by atoms with E-state index in [0.717, 1.165) is 6.07 Å². The molecule has 0 aliphatic carbocycles. The number of nitrogens with two attached hydrogens (primary N) is 2. The highest BCUT2D eigenvalue weighted by molar-refractivity contribution is 6.05. The maximum absolute atomic E-state index is 10.6. The van der Waals surface area contributed by atoms with Gasteiger partial charge in [-0.15, -0.1) is 0 Å². The summed E-state index contributed by atoms with van der Waals surface area (Å²) in [6, 6.07) is 7.41. The molecule has 0 radical (unpaired) electrons. The average Bonchev–Trinajstić information content (AvgIpc) is 2.54. The number of nitrogen functional groups attached to an aromatic ring is 2. The van der Waals surface area contributed by atoms with Gasteiger partial charge in [0.2, 0.25) is 0 Å². The van der Waals surface area contributed by atoms with Gasteiger partial charge in [-0.1, -0.05) is 6.07 Å². The van der Waals surface area contributed by atoms with Crippen LogP contribution in [0, 0.1) is 0 Å². The number of carboxylic acids is 4. The molecule has 0 bridgehead atoms. The van der Waals surface area contributed by atoms with E-state index in [1.165, 1.54) is 30.3 Å². The van der Waals surface area contributed by atoms with Crippen LogP contribution in [-0.4, -0.2) is 44.3 Å². The molecule has 10 nitrogen and oxygen atoms in total. The van der Waals surface area contributed by atoms with Gasteiger partial charge in [-0.3, -0.25) is 0 Å². The Balaban J connectivity index is 0.000000260. The summed E-state index contributed by atoms with van der Waals surface area (Å²) in [5.41, 5.74) is 9.75. The summed E-state index contributed by atoms with van der Waals surface area (Å²) in [4.78, 5) is 42.1. The number of rotatable bonds is 4. The highest BCUT2D eigenvalue weighted by Crippen LogP contribution is 2.17. The summed E-state index contributed by atoms with van der Waals surface area (Å²) < 4.78 is 0. The van der Waals surface area contributed by atoms with Crippen molar-refractivity contribution in [2.75, 3.05) is 11.5 Å². The molecule has 0 aromatic heterocycles. The van der Waals surface area contributed by atoms with Crippen molar-refractivity contribution in [1.29, 1.82) is 0 Å². The van der Waals surface area contributed by atoms with Crippen molar-refractivity contribution in [1.82, 2.24) is 0 Å². The van der Waals surface area contributed by atoms with Gasteiger partial charge in [-0.2, -0.15) is 0 Å². The van der Waals surface area contributed by atoms with E-state index in [1.807, 2.05) is 0 Å². The van der Waals surface area contributed by atoms with Crippen molar-refractivity contribution in [2.24, 2.45) is 0 Å². The zero-order valence-corrected chi connectivity index (χ0v) is 13.0. The maximum Gasteiger partial charge on any atom is 0.338 e. The van der Waals surface area contributed by atoms with E-state index in [-0.39, 0.29) is 33.6 Å². The second-order valence-electron chi connectivity index (χ2n) is 4.79. The molecule has 8 N–H and O–H groups in total. The van der Waals surface area contributed by atoms with Crippen LogP contribution in [0.4, 0.5) is 11.4 Å². The molecule has 0 heterocycles. The third-order valence-electron chi connectivity index (χ3n) is 3.07. The molecule has 0 amide bonds. The monoisotopic (exact) mass is 362 g/mol. The Morgan fingerprint density at radius 2 is 1.23 bits per heavy atom. The van der Waals surface area contributed by atoms with Crippen molar-refractivity contribution in [3.63, 3.8) is 0 Å². The van der Waals surface area contributed by atoms with Gasteiger partial charge in [0, 0.05) is 11.4 Å². The van der Waals surface area contributed by atoms with Gasteiger partial charge >= 0.3 is 23.9 Å². The molecule has 2 rings (SSSR count). The minimum Gasteiger partial charge on any atom is -0.478 e. The first-order valence-corrected chi connectivity index (χ1v) is 6.77. The summed E-state index contributed by atoms with van der Waals surface area (Å²) in [5.74, 6) is -4.95. The Morgan fingerprint density at radius 1 is 0.654 bits per heavy atom. The Morgan fingerprint density at radius 3 is 1.62 bits per heavy atom. The Bertz CT molecular complexity index is 892. The van der Waals surface area contributed by atoms with Crippen LogP contribution in [0.1, 0.15) is 41.4 Å². The zero-order valence-electron chi connectivity index (χ0n) is 13.0. The minimum absolute atomic E-state index is 0.0255. The fourth-order valence-electron chi connectivity index (χ4n) is 1.88. The molecular weight excluding hydrogens is 348 g/mol. The lowest BCUT2D eigenvalue weighted by molar-refractivity contribution is 0.0652. The zero-order chi connectivity index (χ0) is 20.0. The van der Waals surface area contributed by atoms with Crippen LogP contribution in [0.5, 0.6) is 0 Å². The van der Waals surface area contributed by atoms with Crippen molar-refractivity contribution in [2.45, 2.75) is 0 Å². The normalized spacial score (nSPS) is 9.54. The summed E-state index contributed by atoms with van der Waals surface area (Å²) >= 11 is 0. The SMILES string of the molecule is Nc1cc(C(=O)O)ccc1C(=O)O.Nc1cccc(C(=O)O)c1C(=O)O. The van der Waals surface area contributed by atoms with Crippen LogP contribution in [0.15, 0.2) is 36.4 Å². The lowest BCUT2D eigenvalue weighted by Crippen LogP contribution is -2.10. The standard InChI is InChI=1S/2C8H7NO4/c9-6-3-4(7(10)11)1-2-5(6)8(12)13;9-5-3-1-2-4(7(10)11)6(5)8(12)13/h2*1-3H,9H2,(H,10,11)(H,12,13). The quantitative estimate of drug-likeness (QED) is 0.431. The maximum atomic E-state index is 10.6. The number of hydrogen-bond acceptors (Lipinski definition) is 6. The molecule has 136 valence electrons. The van der Waals surface area contributed by atoms with Crippen molar-refractivity contribution in [3.05, 3.63) is 58.7 Å².